The normalized spacial score (nSPS) is 12.7. The summed E-state index contributed by atoms with van der Waals surface area (Å²) in [5.74, 6) is 0.749. The van der Waals surface area contributed by atoms with Crippen LogP contribution in [0.25, 0.3) is 21.8 Å². The highest BCUT2D eigenvalue weighted by Gasteiger charge is 2.27. The molecule has 2 aromatic heterocycles. The summed E-state index contributed by atoms with van der Waals surface area (Å²) in [6.07, 6.45) is 1.61. The summed E-state index contributed by atoms with van der Waals surface area (Å²) >= 11 is 0. The van der Waals surface area contributed by atoms with E-state index < -0.39 is 0 Å². The monoisotopic (exact) mass is 416 g/mol. The zero-order valence-corrected chi connectivity index (χ0v) is 18.6. The van der Waals surface area contributed by atoms with Gasteiger partial charge in [0.25, 0.3) is 11.5 Å². The van der Waals surface area contributed by atoms with Gasteiger partial charge in [-0.25, -0.2) is 4.98 Å². The molecule has 1 amide bonds. The molecule has 0 aliphatic carbocycles. The third-order valence-electron chi connectivity index (χ3n) is 5.71. The maximum absolute atomic E-state index is 13.4. The first-order chi connectivity index (χ1) is 14.8. The zero-order chi connectivity index (χ0) is 22.3. The van der Waals surface area contributed by atoms with Gasteiger partial charge in [-0.15, -0.1) is 0 Å². The molecule has 6 heteroatoms. The van der Waals surface area contributed by atoms with Crippen LogP contribution in [0.1, 0.15) is 56.0 Å². The Morgan fingerprint density at radius 1 is 0.968 bits per heavy atom. The van der Waals surface area contributed by atoms with Crippen LogP contribution in [0.2, 0.25) is 0 Å². The van der Waals surface area contributed by atoms with Crippen LogP contribution in [0.5, 0.6) is 0 Å². The maximum atomic E-state index is 13.4. The van der Waals surface area contributed by atoms with Crippen molar-refractivity contribution in [3.63, 3.8) is 0 Å². The topological polar surface area (TPSA) is 68.9 Å². The van der Waals surface area contributed by atoms with E-state index in [4.69, 9.17) is 4.98 Å². The second-order valence-corrected chi connectivity index (χ2v) is 8.62. The number of aromatic nitrogens is 3. The first-order valence-corrected chi connectivity index (χ1v) is 10.7. The highest BCUT2D eigenvalue weighted by molar-refractivity contribution is 6.06. The molecule has 0 saturated heterocycles. The van der Waals surface area contributed by atoms with E-state index in [1.165, 1.54) is 4.57 Å². The van der Waals surface area contributed by atoms with E-state index in [9.17, 15) is 9.59 Å². The van der Waals surface area contributed by atoms with Gasteiger partial charge >= 0.3 is 0 Å². The average Bonchev–Trinajstić information content (AvgIpc) is 3.13. The number of hydrogen-bond donors (Lipinski definition) is 1. The zero-order valence-electron chi connectivity index (χ0n) is 18.6. The third kappa shape index (κ3) is 3.63. The molecule has 6 nitrogen and oxygen atoms in total. The van der Waals surface area contributed by atoms with E-state index in [0.717, 1.165) is 16.9 Å². The molecule has 4 rings (SSSR count). The predicted octanol–water partition coefficient (Wildman–Crippen LogP) is 4.60. The van der Waals surface area contributed by atoms with E-state index in [0.29, 0.717) is 16.3 Å². The summed E-state index contributed by atoms with van der Waals surface area (Å²) in [6.45, 7) is 8.40. The lowest BCUT2D eigenvalue weighted by atomic mass is 10.0. The molecule has 160 valence electrons. The maximum Gasteiger partial charge on any atom is 0.258 e. The van der Waals surface area contributed by atoms with Crippen molar-refractivity contribution in [3.05, 3.63) is 76.5 Å². The van der Waals surface area contributed by atoms with E-state index in [1.54, 1.807) is 19.3 Å². The molecule has 0 spiro atoms. The second-order valence-electron chi connectivity index (χ2n) is 8.62. The first kappa shape index (κ1) is 20.8. The molecule has 0 saturated carbocycles. The fourth-order valence-corrected chi connectivity index (χ4v) is 4.17. The van der Waals surface area contributed by atoms with Gasteiger partial charge in [-0.3, -0.25) is 9.59 Å². The number of hydrogen-bond acceptors (Lipinski definition) is 3. The average molecular weight is 417 g/mol. The van der Waals surface area contributed by atoms with Crippen LogP contribution in [0.15, 0.2) is 59.5 Å². The minimum atomic E-state index is -0.279. The number of nitrogens with one attached hydrogen (secondary N) is 1. The third-order valence-corrected chi connectivity index (χ3v) is 5.71. The van der Waals surface area contributed by atoms with Crippen LogP contribution in [-0.2, 0) is 7.05 Å². The number of fused-ring (bicyclic) bond motifs is 2. The van der Waals surface area contributed by atoms with Gasteiger partial charge < -0.3 is 14.5 Å². The Hall–Kier alpha value is -3.41. The van der Waals surface area contributed by atoms with Crippen molar-refractivity contribution in [1.29, 1.82) is 0 Å². The van der Waals surface area contributed by atoms with E-state index in [-0.39, 0.29) is 29.5 Å². The van der Waals surface area contributed by atoms with Gasteiger partial charge in [0, 0.05) is 30.1 Å². The molecule has 1 unspecified atom stereocenters. The van der Waals surface area contributed by atoms with E-state index in [1.807, 2.05) is 36.4 Å². The van der Waals surface area contributed by atoms with Crippen molar-refractivity contribution >= 4 is 27.7 Å². The summed E-state index contributed by atoms with van der Waals surface area (Å²) in [5.41, 5.74) is 2.34. The summed E-state index contributed by atoms with van der Waals surface area (Å²) in [4.78, 5) is 30.8. The Morgan fingerprint density at radius 3 is 2.29 bits per heavy atom. The van der Waals surface area contributed by atoms with Gasteiger partial charge in [0.05, 0.1) is 22.6 Å². The lowest BCUT2D eigenvalue weighted by molar-refractivity contribution is 0.0922. The summed E-state index contributed by atoms with van der Waals surface area (Å²) in [7, 11) is 1.67. The fraction of sp³-hybridized carbons (Fsp3) is 0.320. The van der Waals surface area contributed by atoms with Gasteiger partial charge in [-0.1, -0.05) is 44.2 Å². The highest BCUT2D eigenvalue weighted by Crippen LogP contribution is 2.29. The number of imidazole rings is 1. The minimum Gasteiger partial charge on any atom is -0.342 e. The Labute approximate surface area is 181 Å². The van der Waals surface area contributed by atoms with Crippen LogP contribution >= 0.6 is 0 Å². The molecule has 1 atom stereocenters. The van der Waals surface area contributed by atoms with Crippen LogP contribution in [-0.4, -0.2) is 20.0 Å². The number of benzene rings is 2. The number of rotatable bonds is 5. The smallest absolute Gasteiger partial charge is 0.258 e. The number of para-hydroxylation sites is 2. The number of carbonyl (C=O) groups is 1. The SMILES string of the molecule is CC(C)C(NC(=O)c1cn(C)c(=O)c2ccccc12)c1nc2ccccc2n1C(C)C. The molecule has 2 heterocycles. The van der Waals surface area contributed by atoms with Crippen molar-refractivity contribution in [1.82, 2.24) is 19.4 Å². The first-order valence-electron chi connectivity index (χ1n) is 10.7. The Morgan fingerprint density at radius 2 is 1.61 bits per heavy atom. The van der Waals surface area contributed by atoms with Crippen LogP contribution < -0.4 is 10.9 Å². The lowest BCUT2D eigenvalue weighted by Crippen LogP contribution is -2.35. The van der Waals surface area contributed by atoms with Crippen molar-refractivity contribution < 1.29 is 4.79 Å². The van der Waals surface area contributed by atoms with Crippen LogP contribution in [0.4, 0.5) is 0 Å². The Kier molecular flexibility index (Phi) is 5.39. The number of amides is 1. The molecular weight excluding hydrogens is 388 g/mol. The van der Waals surface area contributed by atoms with E-state index >= 15 is 0 Å². The molecule has 0 fully saturated rings. The quantitative estimate of drug-likeness (QED) is 0.517. The number of aryl methyl sites for hydroxylation is 1. The molecule has 0 radical (unpaired) electrons. The molecule has 31 heavy (non-hydrogen) atoms. The summed E-state index contributed by atoms with van der Waals surface area (Å²) in [6, 6.07) is 15.2. The van der Waals surface area contributed by atoms with E-state index in [2.05, 4.69) is 43.6 Å². The van der Waals surface area contributed by atoms with Gasteiger partial charge in [-0.05, 0) is 38.0 Å². The molecular formula is C25H28N4O2. The summed E-state index contributed by atoms with van der Waals surface area (Å²) in [5, 5.41) is 4.40. The number of nitrogens with zero attached hydrogens (tertiary/aromatic N) is 3. The van der Waals surface area contributed by atoms with Gasteiger partial charge in [0.15, 0.2) is 0 Å². The number of carbonyl (C=O) groups excluding carboxylic acids is 1. The molecule has 0 aliphatic rings. The fourth-order valence-electron chi connectivity index (χ4n) is 4.17. The molecule has 4 aromatic rings. The number of pyridine rings is 1. The van der Waals surface area contributed by atoms with Crippen molar-refractivity contribution in [2.45, 2.75) is 39.8 Å². The Balaban J connectivity index is 1.81. The Bertz CT molecular complexity index is 1330. The minimum absolute atomic E-state index is 0.117. The van der Waals surface area contributed by atoms with Gasteiger partial charge in [0.1, 0.15) is 5.82 Å². The largest absolute Gasteiger partial charge is 0.342 e. The second kappa shape index (κ2) is 8.02. The standard InChI is InChI=1S/C25H28N4O2/c1-15(2)22(23-26-20-12-8-9-13-21(20)29(23)16(3)4)27-24(30)19-14-28(5)25(31)18-11-7-6-10-17(18)19/h6-16,22H,1-5H3,(H,27,30). The van der Waals surface area contributed by atoms with Crippen molar-refractivity contribution in [3.8, 4) is 0 Å². The van der Waals surface area contributed by atoms with Crippen LogP contribution in [0.3, 0.4) is 0 Å². The van der Waals surface area contributed by atoms with Gasteiger partial charge in [-0.2, -0.15) is 0 Å². The lowest BCUT2D eigenvalue weighted by Gasteiger charge is -2.25. The molecule has 0 aliphatic heterocycles. The summed E-state index contributed by atoms with van der Waals surface area (Å²) < 4.78 is 3.66. The van der Waals surface area contributed by atoms with Gasteiger partial charge in [0.2, 0.25) is 0 Å². The molecule has 2 aromatic carbocycles. The van der Waals surface area contributed by atoms with Crippen molar-refractivity contribution in [2.24, 2.45) is 13.0 Å². The highest BCUT2D eigenvalue weighted by atomic mass is 16.2. The van der Waals surface area contributed by atoms with Crippen molar-refractivity contribution in [2.75, 3.05) is 0 Å². The predicted molar refractivity (Wildman–Crippen MR) is 124 cm³/mol. The molecule has 0 bridgehead atoms. The van der Waals surface area contributed by atoms with Crippen LogP contribution in [0, 0.1) is 5.92 Å². The molecule has 1 N–H and O–H groups in total.